The predicted molar refractivity (Wildman–Crippen MR) is 121 cm³/mol. The van der Waals surface area contributed by atoms with Gasteiger partial charge in [-0.1, -0.05) is 42.5 Å². The lowest BCUT2D eigenvalue weighted by atomic mass is 9.94. The summed E-state index contributed by atoms with van der Waals surface area (Å²) in [6.07, 6.45) is 0.412. The van der Waals surface area contributed by atoms with Crippen LogP contribution < -0.4 is 5.69 Å². The summed E-state index contributed by atoms with van der Waals surface area (Å²) in [5, 5.41) is 0. The Hall–Kier alpha value is -2.93. The Morgan fingerprint density at radius 2 is 1.70 bits per heavy atom. The molecule has 1 saturated heterocycles. The second kappa shape index (κ2) is 8.45. The van der Waals surface area contributed by atoms with Crippen LogP contribution in [0.4, 0.5) is 13.2 Å². The summed E-state index contributed by atoms with van der Waals surface area (Å²) in [4.78, 5) is 19.0. The van der Waals surface area contributed by atoms with Gasteiger partial charge in [-0.15, -0.1) is 0 Å². The fourth-order valence-electron chi connectivity index (χ4n) is 5.18. The van der Waals surface area contributed by atoms with Gasteiger partial charge in [0.05, 0.1) is 11.3 Å². The Labute approximate surface area is 190 Å². The molecule has 2 aliphatic rings. The number of hydrogen-bond acceptors (Lipinski definition) is 3. The third-order valence-electron chi connectivity index (χ3n) is 7.07. The number of piperidine rings is 1. The molecule has 1 aromatic heterocycles. The topological polar surface area (TPSA) is 38.1 Å². The minimum atomic E-state index is -4.29. The van der Waals surface area contributed by atoms with Gasteiger partial charge in [0.1, 0.15) is 0 Å². The molecule has 1 aliphatic heterocycles. The summed E-state index contributed by atoms with van der Waals surface area (Å²) < 4.78 is 40.2. The van der Waals surface area contributed by atoms with Crippen molar-refractivity contribution in [1.82, 2.24) is 14.5 Å². The molecule has 1 unspecified atom stereocenters. The molecule has 2 fully saturated rings. The maximum atomic E-state index is 12.8. The lowest BCUT2D eigenvalue weighted by molar-refractivity contribution is -0.137. The quantitative estimate of drug-likeness (QED) is 0.474. The van der Waals surface area contributed by atoms with Crippen LogP contribution in [0.2, 0.25) is 0 Å². The Kier molecular flexibility index (Phi) is 5.60. The van der Waals surface area contributed by atoms with Crippen LogP contribution in [0.15, 0.2) is 71.7 Å². The highest BCUT2D eigenvalue weighted by atomic mass is 19.4. The third kappa shape index (κ3) is 4.47. The fraction of sp³-hybridized carbons (Fsp3) is 0.385. The zero-order chi connectivity index (χ0) is 23.1. The molecule has 172 valence electrons. The van der Waals surface area contributed by atoms with Crippen molar-refractivity contribution >= 4 is 0 Å². The van der Waals surface area contributed by atoms with Gasteiger partial charge >= 0.3 is 11.9 Å². The second-order valence-corrected chi connectivity index (χ2v) is 9.23. The maximum absolute atomic E-state index is 12.8. The number of fused-ring (bicyclic) bond motifs is 1. The van der Waals surface area contributed by atoms with Gasteiger partial charge in [0.2, 0.25) is 0 Å². The minimum Gasteiger partial charge on any atom is -0.302 e. The molecule has 2 heterocycles. The van der Waals surface area contributed by atoms with Crippen LogP contribution in [0, 0.1) is 5.92 Å². The lowest BCUT2D eigenvalue weighted by Gasteiger charge is -2.21. The highest BCUT2D eigenvalue weighted by Crippen LogP contribution is 2.59. The van der Waals surface area contributed by atoms with E-state index in [1.165, 1.54) is 12.1 Å². The summed E-state index contributed by atoms with van der Waals surface area (Å²) in [7, 11) is 0. The molecule has 3 aromatic rings. The van der Waals surface area contributed by atoms with E-state index < -0.39 is 11.7 Å². The van der Waals surface area contributed by atoms with E-state index in [4.69, 9.17) is 0 Å². The first-order valence-electron chi connectivity index (χ1n) is 11.4. The third-order valence-corrected chi connectivity index (χ3v) is 7.07. The number of unbranched alkanes of at least 4 members (excludes halogenated alkanes) is 1. The van der Waals surface area contributed by atoms with Crippen LogP contribution in [0.1, 0.15) is 30.4 Å². The Morgan fingerprint density at radius 1 is 0.970 bits per heavy atom. The SMILES string of the molecule is O=c1nc(-c2ccccc2)ccn1CCCCN1CC2C[C@]2(c2ccc(C(F)(F)F)cc2)C1. The van der Waals surface area contributed by atoms with E-state index in [2.05, 4.69) is 9.88 Å². The number of benzene rings is 2. The number of rotatable bonds is 7. The lowest BCUT2D eigenvalue weighted by Crippen LogP contribution is -2.28. The van der Waals surface area contributed by atoms with Gasteiger partial charge in [-0.2, -0.15) is 18.2 Å². The van der Waals surface area contributed by atoms with Gasteiger partial charge in [0.15, 0.2) is 0 Å². The summed E-state index contributed by atoms with van der Waals surface area (Å²) in [6.45, 7) is 3.45. The maximum Gasteiger partial charge on any atom is 0.416 e. The van der Waals surface area contributed by atoms with Gasteiger partial charge in [0.25, 0.3) is 0 Å². The molecular formula is C26H26F3N3O. The number of aryl methyl sites for hydroxylation is 1. The van der Waals surface area contributed by atoms with Crippen LogP contribution in [0.3, 0.4) is 0 Å². The minimum absolute atomic E-state index is 0.0260. The van der Waals surface area contributed by atoms with Crippen molar-refractivity contribution in [3.05, 3.63) is 88.5 Å². The molecule has 0 bridgehead atoms. The van der Waals surface area contributed by atoms with Crippen LogP contribution in [-0.4, -0.2) is 34.1 Å². The molecule has 2 atom stereocenters. The zero-order valence-corrected chi connectivity index (χ0v) is 18.3. The molecule has 2 aromatic carbocycles. The van der Waals surface area contributed by atoms with E-state index in [0.717, 1.165) is 50.0 Å². The number of likely N-dealkylation sites (tertiary alicyclic amines) is 1. The van der Waals surface area contributed by atoms with E-state index in [0.29, 0.717) is 18.2 Å². The monoisotopic (exact) mass is 453 g/mol. The molecule has 33 heavy (non-hydrogen) atoms. The van der Waals surface area contributed by atoms with Crippen molar-refractivity contribution in [2.45, 2.75) is 37.4 Å². The highest BCUT2D eigenvalue weighted by molar-refractivity contribution is 5.57. The van der Waals surface area contributed by atoms with Gasteiger partial charge in [0, 0.05) is 36.8 Å². The summed E-state index contributed by atoms with van der Waals surface area (Å²) in [5.74, 6) is 0.534. The molecule has 7 heteroatoms. The van der Waals surface area contributed by atoms with E-state index >= 15 is 0 Å². The van der Waals surface area contributed by atoms with Crippen LogP contribution in [-0.2, 0) is 18.1 Å². The van der Waals surface area contributed by atoms with Gasteiger partial charge in [-0.25, -0.2) is 4.79 Å². The molecule has 0 radical (unpaired) electrons. The molecule has 5 rings (SSSR count). The molecule has 4 nitrogen and oxygen atoms in total. The number of aromatic nitrogens is 2. The van der Waals surface area contributed by atoms with Crippen LogP contribution in [0.25, 0.3) is 11.3 Å². The molecule has 1 aliphatic carbocycles. The van der Waals surface area contributed by atoms with E-state index in [9.17, 15) is 18.0 Å². The highest BCUT2D eigenvalue weighted by Gasteiger charge is 2.60. The predicted octanol–water partition coefficient (Wildman–Crippen LogP) is 4.98. The van der Waals surface area contributed by atoms with Crippen molar-refractivity contribution in [1.29, 1.82) is 0 Å². The van der Waals surface area contributed by atoms with E-state index in [-0.39, 0.29) is 11.1 Å². The van der Waals surface area contributed by atoms with E-state index in [1.54, 1.807) is 16.7 Å². The van der Waals surface area contributed by atoms with Crippen molar-refractivity contribution in [3.8, 4) is 11.3 Å². The molecule has 0 amide bonds. The fourth-order valence-corrected chi connectivity index (χ4v) is 5.18. The number of halogens is 3. The molecular weight excluding hydrogens is 427 g/mol. The van der Waals surface area contributed by atoms with Crippen LogP contribution in [0.5, 0.6) is 0 Å². The average molecular weight is 454 g/mol. The first kappa shape index (κ1) is 21.9. The number of hydrogen-bond donors (Lipinski definition) is 0. The van der Waals surface area contributed by atoms with Gasteiger partial charge < -0.3 is 4.90 Å². The number of alkyl halides is 3. The first-order chi connectivity index (χ1) is 15.8. The smallest absolute Gasteiger partial charge is 0.302 e. The number of nitrogens with zero attached hydrogens (tertiary/aromatic N) is 3. The summed E-state index contributed by atoms with van der Waals surface area (Å²) >= 11 is 0. The van der Waals surface area contributed by atoms with Crippen molar-refractivity contribution in [2.75, 3.05) is 19.6 Å². The average Bonchev–Trinajstić information content (AvgIpc) is 3.39. The Bertz CT molecular complexity index is 1170. The Balaban J connectivity index is 1.12. The van der Waals surface area contributed by atoms with Gasteiger partial charge in [-0.05, 0) is 55.5 Å². The molecule has 0 N–H and O–H groups in total. The van der Waals surface area contributed by atoms with Crippen LogP contribution >= 0.6 is 0 Å². The Morgan fingerprint density at radius 3 is 2.39 bits per heavy atom. The first-order valence-corrected chi connectivity index (χ1v) is 11.4. The molecule has 1 saturated carbocycles. The van der Waals surface area contributed by atoms with Gasteiger partial charge in [-0.3, -0.25) is 4.57 Å². The normalized spacial score (nSPS) is 22.3. The van der Waals surface area contributed by atoms with Crippen molar-refractivity contribution < 1.29 is 13.2 Å². The summed E-state index contributed by atoms with van der Waals surface area (Å²) in [5.41, 5.74) is 1.84. The largest absolute Gasteiger partial charge is 0.416 e. The summed E-state index contributed by atoms with van der Waals surface area (Å²) in [6, 6.07) is 17.2. The standard InChI is InChI=1S/C26H26F3N3O/c27-26(28,29)21-10-8-20(9-11-21)25-16-22(25)17-31(18-25)13-4-5-14-32-15-12-23(30-24(32)33)19-6-2-1-3-7-19/h1-3,6-12,15,22H,4-5,13-14,16-18H2/t22?,25-/m1/s1. The zero-order valence-electron chi connectivity index (χ0n) is 18.3. The van der Waals surface area contributed by atoms with Crippen molar-refractivity contribution in [2.24, 2.45) is 5.92 Å². The molecule has 0 spiro atoms. The van der Waals surface area contributed by atoms with Crippen molar-refractivity contribution in [3.63, 3.8) is 0 Å². The van der Waals surface area contributed by atoms with E-state index in [1.807, 2.05) is 42.6 Å². The second-order valence-electron chi connectivity index (χ2n) is 9.23.